The average Bonchev–Trinajstić information content (AvgIpc) is 2.40. The minimum absolute atomic E-state index is 0.0142. The first-order chi connectivity index (χ1) is 7.19. The fraction of sp³-hybridized carbons (Fsp3) is 0.364. The third-order valence-corrected chi connectivity index (χ3v) is 2.02. The second kappa shape index (κ2) is 5.24. The van der Waals surface area contributed by atoms with Crippen LogP contribution in [0.25, 0.3) is 0 Å². The van der Waals surface area contributed by atoms with Crippen LogP contribution in [0.2, 0.25) is 0 Å². The first-order valence-corrected chi connectivity index (χ1v) is 4.82. The summed E-state index contributed by atoms with van der Waals surface area (Å²) in [4.78, 5) is 11.4. The lowest BCUT2D eigenvalue weighted by atomic mass is 10.1. The number of carbonyl (C=O) groups is 1. The summed E-state index contributed by atoms with van der Waals surface area (Å²) in [5.74, 6) is -0.331. The molecule has 0 radical (unpaired) electrons. The quantitative estimate of drug-likeness (QED) is 0.736. The maximum atomic E-state index is 11.4. The van der Waals surface area contributed by atoms with E-state index in [0.29, 0.717) is 12.4 Å². The number of allylic oxidation sites excluding steroid dienone is 3. The van der Waals surface area contributed by atoms with Gasteiger partial charge in [0.25, 0.3) is 0 Å². The molecular formula is C11H15NO3. The number of rotatable bonds is 3. The zero-order chi connectivity index (χ0) is 11.3. The fourth-order valence-corrected chi connectivity index (χ4v) is 1.28. The van der Waals surface area contributed by atoms with Crippen LogP contribution in [0.15, 0.2) is 35.8 Å². The van der Waals surface area contributed by atoms with Gasteiger partial charge < -0.3 is 15.2 Å². The van der Waals surface area contributed by atoms with Crippen molar-refractivity contribution in [3.8, 4) is 0 Å². The number of aliphatic hydroxyl groups excluding tert-OH is 1. The fourth-order valence-electron chi connectivity index (χ4n) is 1.28. The van der Waals surface area contributed by atoms with Crippen LogP contribution >= 0.6 is 0 Å². The topological polar surface area (TPSA) is 58.6 Å². The van der Waals surface area contributed by atoms with Gasteiger partial charge in [-0.25, -0.2) is 0 Å². The number of ether oxygens (including phenoxy) is 1. The van der Waals surface area contributed by atoms with Crippen molar-refractivity contribution in [2.75, 3.05) is 13.7 Å². The Bertz CT molecular complexity index is 329. The molecule has 4 nitrogen and oxygen atoms in total. The lowest BCUT2D eigenvalue weighted by molar-refractivity contribution is -0.122. The molecule has 82 valence electrons. The molecule has 15 heavy (non-hydrogen) atoms. The van der Waals surface area contributed by atoms with Crippen molar-refractivity contribution in [1.29, 1.82) is 0 Å². The van der Waals surface area contributed by atoms with Gasteiger partial charge in [0.1, 0.15) is 17.4 Å². The van der Waals surface area contributed by atoms with Crippen molar-refractivity contribution >= 4 is 5.91 Å². The molecule has 1 aliphatic rings. The Labute approximate surface area is 88.9 Å². The molecule has 0 aromatic heterocycles. The van der Waals surface area contributed by atoms with E-state index in [9.17, 15) is 9.90 Å². The van der Waals surface area contributed by atoms with Gasteiger partial charge in [-0.3, -0.25) is 4.79 Å². The van der Waals surface area contributed by atoms with Crippen LogP contribution in [0.4, 0.5) is 0 Å². The molecule has 2 N–H and O–H groups in total. The molecule has 0 aromatic rings. The SMILES string of the molecule is CCOC1=C[C@H](C(=O)NC)C(O)=CC=C1. The normalized spacial score (nSPS) is 20.0. The van der Waals surface area contributed by atoms with E-state index in [2.05, 4.69) is 5.32 Å². The summed E-state index contributed by atoms with van der Waals surface area (Å²) in [6.45, 7) is 2.39. The van der Waals surface area contributed by atoms with Crippen LogP contribution in [0.5, 0.6) is 0 Å². The van der Waals surface area contributed by atoms with Crippen molar-refractivity contribution in [2.24, 2.45) is 5.92 Å². The summed E-state index contributed by atoms with van der Waals surface area (Å²) in [7, 11) is 1.53. The van der Waals surface area contributed by atoms with E-state index in [1.165, 1.54) is 13.1 Å². The van der Waals surface area contributed by atoms with Gasteiger partial charge in [0.2, 0.25) is 5.91 Å². The molecule has 0 aromatic carbocycles. The van der Waals surface area contributed by atoms with E-state index in [1.807, 2.05) is 6.92 Å². The molecule has 0 fully saturated rings. The molecular weight excluding hydrogens is 194 g/mol. The molecule has 0 aliphatic heterocycles. The van der Waals surface area contributed by atoms with Crippen LogP contribution in [0, 0.1) is 5.92 Å². The van der Waals surface area contributed by atoms with Crippen LogP contribution in [-0.4, -0.2) is 24.7 Å². The Morgan fingerprint density at radius 1 is 1.67 bits per heavy atom. The summed E-state index contributed by atoms with van der Waals surface area (Å²) < 4.78 is 5.29. The summed E-state index contributed by atoms with van der Waals surface area (Å²) in [5.41, 5.74) is 0. The Balaban J connectivity index is 2.91. The van der Waals surface area contributed by atoms with E-state index in [0.717, 1.165) is 0 Å². The number of hydrogen-bond acceptors (Lipinski definition) is 3. The zero-order valence-electron chi connectivity index (χ0n) is 8.86. The highest BCUT2D eigenvalue weighted by molar-refractivity contribution is 5.83. The Kier molecular flexibility index (Phi) is 3.97. The number of carbonyl (C=O) groups excluding carboxylic acids is 1. The van der Waals surface area contributed by atoms with Crippen LogP contribution in [0.3, 0.4) is 0 Å². The van der Waals surface area contributed by atoms with Gasteiger partial charge in [0, 0.05) is 7.05 Å². The lowest BCUT2D eigenvalue weighted by Crippen LogP contribution is -2.27. The molecule has 0 heterocycles. The first-order valence-electron chi connectivity index (χ1n) is 4.82. The zero-order valence-corrected chi connectivity index (χ0v) is 8.86. The van der Waals surface area contributed by atoms with E-state index in [1.54, 1.807) is 18.2 Å². The molecule has 0 saturated carbocycles. The van der Waals surface area contributed by atoms with E-state index in [-0.39, 0.29) is 11.7 Å². The molecule has 0 saturated heterocycles. The van der Waals surface area contributed by atoms with Crippen molar-refractivity contribution in [3.05, 3.63) is 35.8 Å². The predicted molar refractivity (Wildman–Crippen MR) is 57.1 cm³/mol. The average molecular weight is 209 g/mol. The molecule has 0 unspecified atom stereocenters. The van der Waals surface area contributed by atoms with Gasteiger partial charge in [0.05, 0.1) is 6.61 Å². The van der Waals surface area contributed by atoms with Crippen LogP contribution in [0.1, 0.15) is 6.92 Å². The molecule has 1 amide bonds. The Hall–Kier alpha value is -1.71. The molecule has 0 spiro atoms. The molecule has 0 bridgehead atoms. The van der Waals surface area contributed by atoms with Crippen molar-refractivity contribution < 1.29 is 14.6 Å². The lowest BCUT2D eigenvalue weighted by Gasteiger charge is -2.10. The summed E-state index contributed by atoms with van der Waals surface area (Å²) in [5, 5.41) is 12.1. The maximum Gasteiger partial charge on any atom is 0.234 e. The Morgan fingerprint density at radius 2 is 2.40 bits per heavy atom. The second-order valence-electron chi connectivity index (χ2n) is 3.04. The van der Waals surface area contributed by atoms with Gasteiger partial charge in [-0.15, -0.1) is 0 Å². The monoisotopic (exact) mass is 209 g/mol. The number of nitrogens with one attached hydrogen (secondary N) is 1. The maximum absolute atomic E-state index is 11.4. The van der Waals surface area contributed by atoms with Gasteiger partial charge >= 0.3 is 0 Å². The highest BCUT2D eigenvalue weighted by atomic mass is 16.5. The summed E-state index contributed by atoms with van der Waals surface area (Å²) >= 11 is 0. The number of hydrogen-bond donors (Lipinski definition) is 2. The highest BCUT2D eigenvalue weighted by Crippen LogP contribution is 2.17. The number of amides is 1. The standard InChI is InChI=1S/C11H15NO3/c1-3-15-8-5-4-6-10(13)9(7-8)11(14)12-2/h4-7,9,13H,3H2,1-2H3,(H,12,14)/t9-/m0/s1. The molecule has 1 atom stereocenters. The van der Waals surface area contributed by atoms with Gasteiger partial charge in [-0.05, 0) is 25.2 Å². The second-order valence-corrected chi connectivity index (χ2v) is 3.04. The molecule has 1 rings (SSSR count). The first kappa shape index (κ1) is 11.4. The third kappa shape index (κ3) is 2.87. The van der Waals surface area contributed by atoms with E-state index >= 15 is 0 Å². The van der Waals surface area contributed by atoms with Gasteiger partial charge in [0.15, 0.2) is 0 Å². The van der Waals surface area contributed by atoms with Crippen molar-refractivity contribution in [2.45, 2.75) is 6.92 Å². The highest BCUT2D eigenvalue weighted by Gasteiger charge is 2.20. The summed E-state index contributed by atoms with van der Waals surface area (Å²) in [6.07, 6.45) is 6.45. The molecule has 1 aliphatic carbocycles. The smallest absolute Gasteiger partial charge is 0.234 e. The van der Waals surface area contributed by atoms with Crippen LogP contribution in [-0.2, 0) is 9.53 Å². The number of aliphatic hydroxyl groups is 1. The van der Waals surface area contributed by atoms with Crippen LogP contribution < -0.4 is 5.32 Å². The van der Waals surface area contributed by atoms with Gasteiger partial charge in [-0.2, -0.15) is 0 Å². The van der Waals surface area contributed by atoms with E-state index in [4.69, 9.17) is 4.74 Å². The minimum atomic E-state index is -0.674. The Morgan fingerprint density at radius 3 is 3.00 bits per heavy atom. The third-order valence-electron chi connectivity index (χ3n) is 2.02. The van der Waals surface area contributed by atoms with Gasteiger partial charge in [-0.1, -0.05) is 6.08 Å². The predicted octanol–water partition coefficient (Wildman–Crippen LogP) is 1.28. The largest absolute Gasteiger partial charge is 0.511 e. The summed E-state index contributed by atoms with van der Waals surface area (Å²) in [6, 6.07) is 0. The van der Waals surface area contributed by atoms with Crippen molar-refractivity contribution in [1.82, 2.24) is 5.32 Å². The van der Waals surface area contributed by atoms with Crippen molar-refractivity contribution in [3.63, 3.8) is 0 Å². The van der Waals surface area contributed by atoms with E-state index < -0.39 is 5.92 Å². The minimum Gasteiger partial charge on any atom is -0.511 e. The molecule has 4 heteroatoms.